The summed E-state index contributed by atoms with van der Waals surface area (Å²) in [6.45, 7) is 1.91. The number of rotatable bonds is 7. The molecule has 0 saturated heterocycles. The van der Waals surface area contributed by atoms with Crippen molar-refractivity contribution in [1.82, 2.24) is 9.97 Å². The van der Waals surface area contributed by atoms with Gasteiger partial charge in [-0.15, -0.1) is 0 Å². The Balaban J connectivity index is 1.91. The van der Waals surface area contributed by atoms with Crippen molar-refractivity contribution in [2.75, 3.05) is 24.4 Å². The first-order chi connectivity index (χ1) is 12.7. The van der Waals surface area contributed by atoms with Gasteiger partial charge in [0.25, 0.3) is 0 Å². The van der Waals surface area contributed by atoms with Crippen molar-refractivity contribution in [3.05, 3.63) is 60.8 Å². The highest BCUT2D eigenvalue weighted by Gasteiger charge is 2.13. The summed E-state index contributed by atoms with van der Waals surface area (Å²) in [5.41, 5.74) is 2.77. The molecule has 1 heterocycles. The number of anilines is 2. The highest BCUT2D eigenvalue weighted by molar-refractivity contribution is 5.76. The van der Waals surface area contributed by atoms with E-state index in [1.54, 1.807) is 13.3 Å². The summed E-state index contributed by atoms with van der Waals surface area (Å²) in [6, 6.07) is 7.58. The van der Waals surface area contributed by atoms with Crippen LogP contribution in [-0.4, -0.2) is 34.8 Å². The van der Waals surface area contributed by atoms with Crippen molar-refractivity contribution >= 4 is 11.8 Å². The smallest absolute Gasteiger partial charge is 0.229 e. The Kier molecular flexibility index (Phi) is 5.86. The predicted octanol–water partition coefficient (Wildman–Crippen LogP) is 3.40. The first kappa shape index (κ1) is 17.9. The summed E-state index contributed by atoms with van der Waals surface area (Å²) >= 11 is 0. The minimum absolute atomic E-state index is 0.0116. The second-order valence-corrected chi connectivity index (χ2v) is 6.03. The first-order valence-corrected chi connectivity index (χ1v) is 8.55. The van der Waals surface area contributed by atoms with Crippen molar-refractivity contribution in [2.45, 2.75) is 19.4 Å². The number of methoxy groups -OCH3 is 1. The van der Waals surface area contributed by atoms with Crippen molar-refractivity contribution < 1.29 is 9.84 Å². The highest BCUT2D eigenvalue weighted by Crippen LogP contribution is 2.29. The maximum Gasteiger partial charge on any atom is 0.229 e. The molecule has 6 nitrogen and oxygen atoms in total. The summed E-state index contributed by atoms with van der Waals surface area (Å²) in [6.07, 6.45) is 10.9. The van der Waals surface area contributed by atoms with E-state index < -0.39 is 0 Å². The topological polar surface area (TPSA) is 79.3 Å². The van der Waals surface area contributed by atoms with Gasteiger partial charge in [0, 0.05) is 23.5 Å². The van der Waals surface area contributed by atoms with Gasteiger partial charge in [-0.25, -0.2) is 4.98 Å². The Labute approximate surface area is 153 Å². The Morgan fingerprint density at radius 3 is 2.73 bits per heavy atom. The van der Waals surface area contributed by atoms with Crippen LogP contribution in [0.25, 0.3) is 11.1 Å². The molecule has 1 aliphatic carbocycles. The molecule has 1 atom stereocenters. The molecule has 0 fully saturated rings. The molecule has 1 radical (unpaired) electrons. The van der Waals surface area contributed by atoms with Crippen molar-refractivity contribution in [3.8, 4) is 16.9 Å². The second kappa shape index (κ2) is 8.49. The predicted molar refractivity (Wildman–Crippen MR) is 104 cm³/mol. The molecule has 1 aromatic heterocycles. The SMILES string of the molecule is COc1ccc(-c2cnc(NC3=C[CH]CC=C3)nc2N[C@H](C)CO)cc1. The summed E-state index contributed by atoms with van der Waals surface area (Å²) in [5, 5.41) is 15.9. The van der Waals surface area contributed by atoms with Crippen LogP contribution in [0.2, 0.25) is 0 Å². The van der Waals surface area contributed by atoms with Crippen molar-refractivity contribution in [2.24, 2.45) is 0 Å². The summed E-state index contributed by atoms with van der Waals surface area (Å²) < 4.78 is 5.22. The van der Waals surface area contributed by atoms with Crippen LogP contribution in [0.3, 0.4) is 0 Å². The third kappa shape index (κ3) is 4.40. The fourth-order valence-corrected chi connectivity index (χ4v) is 2.55. The number of nitrogens with zero attached hydrogens (tertiary/aromatic N) is 2. The number of aromatic nitrogens is 2. The number of aliphatic hydroxyl groups is 1. The molecule has 0 amide bonds. The van der Waals surface area contributed by atoms with Crippen LogP contribution >= 0.6 is 0 Å². The van der Waals surface area contributed by atoms with Gasteiger partial charge in [-0.05, 0) is 43.5 Å². The van der Waals surface area contributed by atoms with Crippen LogP contribution in [-0.2, 0) is 0 Å². The van der Waals surface area contributed by atoms with E-state index >= 15 is 0 Å². The molecule has 0 spiro atoms. The number of hydrogen-bond acceptors (Lipinski definition) is 6. The molecule has 26 heavy (non-hydrogen) atoms. The Morgan fingerprint density at radius 2 is 2.08 bits per heavy atom. The monoisotopic (exact) mass is 351 g/mol. The Bertz CT molecular complexity index is 800. The second-order valence-electron chi connectivity index (χ2n) is 6.03. The lowest BCUT2D eigenvalue weighted by Crippen LogP contribution is -2.21. The van der Waals surface area contributed by atoms with Gasteiger partial charge in [0.05, 0.1) is 13.7 Å². The van der Waals surface area contributed by atoms with E-state index in [0.717, 1.165) is 29.0 Å². The quantitative estimate of drug-likeness (QED) is 0.709. The summed E-state index contributed by atoms with van der Waals surface area (Å²) in [4.78, 5) is 9.05. The number of hydrogen-bond donors (Lipinski definition) is 3. The van der Waals surface area contributed by atoms with E-state index in [4.69, 9.17) is 4.74 Å². The Hall–Kier alpha value is -2.86. The molecule has 3 N–H and O–H groups in total. The standard InChI is InChI=1S/C20H23N4O2/c1-14(13-25)22-19-18(15-8-10-17(26-2)11-9-15)12-21-20(24-19)23-16-6-4-3-5-7-16/h4-12,14,25H,3,13H2,1-2H3,(H2,21,22,23,24)/t14-/m1/s1. The number of nitrogens with one attached hydrogen (secondary N) is 2. The van der Waals surface area contributed by atoms with E-state index in [1.165, 1.54) is 0 Å². The molecule has 6 heteroatoms. The van der Waals surface area contributed by atoms with Gasteiger partial charge in [0.1, 0.15) is 11.6 Å². The molecular weight excluding hydrogens is 328 g/mol. The molecule has 2 aromatic rings. The van der Waals surface area contributed by atoms with Gasteiger partial charge in [-0.2, -0.15) is 4.98 Å². The molecule has 0 unspecified atom stereocenters. The molecule has 3 rings (SSSR count). The number of ether oxygens (including phenoxy) is 1. The third-order valence-electron chi connectivity index (χ3n) is 3.97. The maximum atomic E-state index is 9.40. The zero-order valence-electron chi connectivity index (χ0n) is 14.9. The van der Waals surface area contributed by atoms with Gasteiger partial charge in [0.2, 0.25) is 5.95 Å². The zero-order chi connectivity index (χ0) is 18.4. The van der Waals surface area contributed by atoms with E-state index in [9.17, 15) is 5.11 Å². The number of allylic oxidation sites excluding steroid dienone is 3. The number of aliphatic hydroxyl groups excluding tert-OH is 1. The largest absolute Gasteiger partial charge is 0.497 e. The highest BCUT2D eigenvalue weighted by atomic mass is 16.5. The van der Waals surface area contributed by atoms with Crippen molar-refractivity contribution in [3.63, 3.8) is 0 Å². The lowest BCUT2D eigenvalue weighted by Gasteiger charge is -2.17. The maximum absolute atomic E-state index is 9.40. The van der Waals surface area contributed by atoms with E-state index in [1.807, 2.05) is 43.3 Å². The molecule has 1 aromatic carbocycles. The lowest BCUT2D eigenvalue weighted by atomic mass is 10.1. The van der Waals surface area contributed by atoms with Crippen molar-refractivity contribution in [1.29, 1.82) is 0 Å². The fourth-order valence-electron chi connectivity index (χ4n) is 2.55. The van der Waals surface area contributed by atoms with Gasteiger partial charge < -0.3 is 20.5 Å². The van der Waals surface area contributed by atoms with E-state index in [-0.39, 0.29) is 12.6 Å². The van der Waals surface area contributed by atoms with Gasteiger partial charge in [-0.3, -0.25) is 0 Å². The Morgan fingerprint density at radius 1 is 1.27 bits per heavy atom. The fraction of sp³-hybridized carbons (Fsp3) is 0.250. The molecule has 0 saturated carbocycles. The zero-order valence-corrected chi connectivity index (χ0v) is 14.9. The van der Waals surface area contributed by atoms with Crippen LogP contribution in [0.4, 0.5) is 11.8 Å². The molecular formula is C20H23N4O2. The van der Waals surface area contributed by atoms with Gasteiger partial charge in [0.15, 0.2) is 0 Å². The molecule has 1 aliphatic rings. The summed E-state index contributed by atoms with van der Waals surface area (Å²) in [5.74, 6) is 1.96. The van der Waals surface area contributed by atoms with E-state index in [2.05, 4.69) is 33.1 Å². The average Bonchev–Trinajstić information content (AvgIpc) is 2.69. The van der Waals surface area contributed by atoms with E-state index in [0.29, 0.717) is 11.8 Å². The molecule has 0 bridgehead atoms. The van der Waals surface area contributed by atoms with Crippen LogP contribution in [0, 0.1) is 6.42 Å². The van der Waals surface area contributed by atoms with Gasteiger partial charge in [-0.1, -0.05) is 24.3 Å². The normalized spacial score (nSPS) is 14.5. The first-order valence-electron chi connectivity index (χ1n) is 8.55. The van der Waals surface area contributed by atoms with Crippen LogP contribution in [0.1, 0.15) is 13.3 Å². The third-order valence-corrected chi connectivity index (χ3v) is 3.97. The molecule has 0 aliphatic heterocycles. The lowest BCUT2D eigenvalue weighted by molar-refractivity contribution is 0.281. The summed E-state index contributed by atoms with van der Waals surface area (Å²) in [7, 11) is 1.64. The van der Waals surface area contributed by atoms with Crippen LogP contribution < -0.4 is 15.4 Å². The van der Waals surface area contributed by atoms with Crippen LogP contribution in [0.15, 0.2) is 54.4 Å². The molecule has 135 valence electrons. The minimum atomic E-state index is -0.128. The minimum Gasteiger partial charge on any atom is -0.497 e. The average molecular weight is 351 g/mol. The number of benzene rings is 1. The van der Waals surface area contributed by atoms with Gasteiger partial charge >= 0.3 is 0 Å². The van der Waals surface area contributed by atoms with Crippen LogP contribution in [0.5, 0.6) is 5.75 Å².